The van der Waals surface area contributed by atoms with Crippen LogP contribution in [0.4, 0.5) is 5.69 Å². The van der Waals surface area contributed by atoms with E-state index in [1.54, 1.807) is 18.2 Å². The van der Waals surface area contributed by atoms with Gasteiger partial charge in [0.2, 0.25) is 10.0 Å². The molecule has 1 heterocycles. The van der Waals surface area contributed by atoms with Crippen molar-refractivity contribution in [1.29, 1.82) is 0 Å². The summed E-state index contributed by atoms with van der Waals surface area (Å²) in [6.07, 6.45) is 3.43. The molecular formula is C22H28N2O3S. The summed E-state index contributed by atoms with van der Waals surface area (Å²) >= 11 is 0. The zero-order valence-corrected chi connectivity index (χ0v) is 17.6. The maximum Gasteiger partial charge on any atom is 0.253 e. The van der Waals surface area contributed by atoms with Crippen molar-refractivity contribution in [2.45, 2.75) is 33.2 Å². The van der Waals surface area contributed by atoms with E-state index in [1.807, 2.05) is 42.2 Å². The highest BCUT2D eigenvalue weighted by atomic mass is 32.2. The number of likely N-dealkylation sites (tertiary alicyclic amines) is 1. The van der Waals surface area contributed by atoms with Gasteiger partial charge in [-0.2, -0.15) is 0 Å². The summed E-state index contributed by atoms with van der Waals surface area (Å²) in [6.45, 7) is 5.95. The molecule has 1 saturated heterocycles. The molecule has 0 spiro atoms. The van der Waals surface area contributed by atoms with Crippen LogP contribution in [0.15, 0.2) is 48.5 Å². The Balaban J connectivity index is 1.77. The van der Waals surface area contributed by atoms with Crippen molar-refractivity contribution in [3.63, 3.8) is 0 Å². The van der Waals surface area contributed by atoms with E-state index in [4.69, 9.17) is 0 Å². The third kappa shape index (κ3) is 4.93. The molecule has 5 nitrogen and oxygen atoms in total. The third-order valence-electron chi connectivity index (χ3n) is 5.16. The minimum atomic E-state index is -3.42. The van der Waals surface area contributed by atoms with Crippen molar-refractivity contribution < 1.29 is 13.2 Å². The van der Waals surface area contributed by atoms with Crippen molar-refractivity contribution in [3.05, 3.63) is 65.2 Å². The normalized spacial score (nSPS) is 17.4. The first-order chi connectivity index (χ1) is 13.2. The molecule has 0 bridgehead atoms. The second-order valence-electron chi connectivity index (χ2n) is 7.80. The summed E-state index contributed by atoms with van der Waals surface area (Å²) in [6, 6.07) is 14.7. The van der Waals surface area contributed by atoms with E-state index in [0.29, 0.717) is 17.2 Å². The van der Waals surface area contributed by atoms with Crippen LogP contribution >= 0.6 is 0 Å². The van der Waals surface area contributed by atoms with Crippen LogP contribution in [0.3, 0.4) is 0 Å². The Morgan fingerprint density at radius 3 is 2.50 bits per heavy atom. The van der Waals surface area contributed by atoms with Crippen LogP contribution in [0.2, 0.25) is 0 Å². The van der Waals surface area contributed by atoms with Crippen molar-refractivity contribution in [3.8, 4) is 0 Å². The Bertz CT molecular complexity index is 939. The third-order valence-corrected chi connectivity index (χ3v) is 6.30. The van der Waals surface area contributed by atoms with E-state index in [-0.39, 0.29) is 12.5 Å². The number of hydrogen-bond acceptors (Lipinski definition) is 3. The van der Waals surface area contributed by atoms with Crippen LogP contribution in [-0.4, -0.2) is 38.6 Å². The molecule has 1 fully saturated rings. The number of hydrogen-bond donors (Lipinski definition) is 0. The lowest BCUT2D eigenvalue weighted by Crippen LogP contribution is -2.39. The van der Waals surface area contributed by atoms with E-state index in [1.165, 1.54) is 17.0 Å². The molecule has 2 aromatic rings. The van der Waals surface area contributed by atoms with Gasteiger partial charge in [0.25, 0.3) is 5.91 Å². The summed E-state index contributed by atoms with van der Waals surface area (Å²) < 4.78 is 26.0. The predicted octanol–water partition coefficient (Wildman–Crippen LogP) is 3.83. The number of nitrogens with zero attached hydrogens (tertiary/aromatic N) is 2. The first kappa shape index (κ1) is 20.4. The molecule has 28 heavy (non-hydrogen) atoms. The van der Waals surface area contributed by atoms with Gasteiger partial charge in [-0.25, -0.2) is 8.42 Å². The van der Waals surface area contributed by atoms with Crippen LogP contribution < -0.4 is 4.31 Å². The van der Waals surface area contributed by atoms with Gasteiger partial charge < -0.3 is 4.90 Å². The molecule has 0 N–H and O–H groups in total. The lowest BCUT2D eigenvalue weighted by molar-refractivity contribution is 0.0683. The van der Waals surface area contributed by atoms with Crippen molar-refractivity contribution in [2.75, 3.05) is 23.7 Å². The fourth-order valence-electron chi connectivity index (χ4n) is 3.66. The van der Waals surface area contributed by atoms with Gasteiger partial charge in [0.05, 0.1) is 18.5 Å². The molecule has 0 aromatic heterocycles. The standard InChI is InChI=1S/C22H28N2O3S/c1-17-6-4-8-21(14-17)24(28(3,26)27)16-19-9-11-20(12-10-19)22(25)23-13-5-7-18(2)15-23/h4,6,8-12,14,18H,5,7,13,15-16H2,1-3H3/t18-/m0/s1. The Labute approximate surface area is 168 Å². The van der Waals surface area contributed by atoms with E-state index in [2.05, 4.69) is 6.92 Å². The number of aryl methyl sites for hydroxylation is 1. The molecule has 1 aliphatic heterocycles. The lowest BCUT2D eigenvalue weighted by Gasteiger charge is -2.31. The van der Waals surface area contributed by atoms with Crippen LogP contribution in [0.5, 0.6) is 0 Å². The molecule has 150 valence electrons. The minimum absolute atomic E-state index is 0.0525. The number of benzene rings is 2. The summed E-state index contributed by atoms with van der Waals surface area (Å²) in [5.41, 5.74) is 3.14. The molecular weight excluding hydrogens is 372 g/mol. The summed E-state index contributed by atoms with van der Waals surface area (Å²) in [5.74, 6) is 0.589. The van der Waals surface area contributed by atoms with Gasteiger partial charge in [0.1, 0.15) is 0 Å². The van der Waals surface area contributed by atoms with Gasteiger partial charge in [0.15, 0.2) is 0 Å². The minimum Gasteiger partial charge on any atom is -0.338 e. The molecule has 0 saturated carbocycles. The van der Waals surface area contributed by atoms with Crippen LogP contribution in [-0.2, 0) is 16.6 Å². The van der Waals surface area contributed by atoms with Gasteiger partial charge in [0, 0.05) is 18.7 Å². The fourth-order valence-corrected chi connectivity index (χ4v) is 4.54. The van der Waals surface area contributed by atoms with Gasteiger partial charge in [-0.1, -0.05) is 31.2 Å². The highest BCUT2D eigenvalue weighted by molar-refractivity contribution is 7.92. The number of amides is 1. The number of anilines is 1. The monoisotopic (exact) mass is 400 g/mol. The van der Waals surface area contributed by atoms with E-state index < -0.39 is 10.0 Å². The first-order valence-corrected chi connectivity index (χ1v) is 11.5. The Hall–Kier alpha value is -2.34. The number of sulfonamides is 1. The largest absolute Gasteiger partial charge is 0.338 e. The van der Waals surface area contributed by atoms with Crippen molar-refractivity contribution in [1.82, 2.24) is 4.90 Å². The average Bonchev–Trinajstić information content (AvgIpc) is 2.65. The molecule has 1 amide bonds. The molecule has 6 heteroatoms. The van der Waals surface area contributed by atoms with Crippen molar-refractivity contribution >= 4 is 21.6 Å². The average molecular weight is 401 g/mol. The number of piperidine rings is 1. The molecule has 0 aliphatic carbocycles. The second-order valence-corrected chi connectivity index (χ2v) is 9.71. The predicted molar refractivity (Wildman–Crippen MR) is 113 cm³/mol. The molecule has 0 unspecified atom stereocenters. The zero-order chi connectivity index (χ0) is 20.3. The molecule has 1 aliphatic rings. The smallest absolute Gasteiger partial charge is 0.253 e. The highest BCUT2D eigenvalue weighted by Gasteiger charge is 2.22. The van der Waals surface area contributed by atoms with Gasteiger partial charge in [-0.3, -0.25) is 9.10 Å². The molecule has 3 rings (SSSR count). The van der Waals surface area contributed by atoms with E-state index in [0.717, 1.165) is 30.6 Å². The van der Waals surface area contributed by atoms with Crippen LogP contribution in [0, 0.1) is 12.8 Å². The fraction of sp³-hybridized carbons (Fsp3) is 0.409. The van der Waals surface area contributed by atoms with E-state index in [9.17, 15) is 13.2 Å². The van der Waals surface area contributed by atoms with Crippen LogP contribution in [0.1, 0.15) is 41.3 Å². The van der Waals surface area contributed by atoms with Crippen molar-refractivity contribution in [2.24, 2.45) is 5.92 Å². The SMILES string of the molecule is Cc1cccc(N(Cc2ccc(C(=O)N3CCC[C@H](C)C3)cc2)S(C)(=O)=O)c1. The Morgan fingerprint density at radius 1 is 1.18 bits per heavy atom. The second kappa shape index (κ2) is 8.35. The van der Waals surface area contributed by atoms with E-state index >= 15 is 0 Å². The first-order valence-electron chi connectivity index (χ1n) is 9.66. The molecule has 2 aromatic carbocycles. The molecule has 1 atom stereocenters. The van der Waals surface area contributed by atoms with Gasteiger partial charge in [-0.15, -0.1) is 0 Å². The topological polar surface area (TPSA) is 57.7 Å². The summed E-state index contributed by atoms with van der Waals surface area (Å²) in [5, 5.41) is 0. The number of carbonyl (C=O) groups is 1. The Morgan fingerprint density at radius 2 is 1.89 bits per heavy atom. The lowest BCUT2D eigenvalue weighted by atomic mass is 9.99. The zero-order valence-electron chi connectivity index (χ0n) is 16.8. The van der Waals surface area contributed by atoms with Gasteiger partial charge in [-0.05, 0) is 61.1 Å². The quantitative estimate of drug-likeness (QED) is 0.766. The van der Waals surface area contributed by atoms with Gasteiger partial charge >= 0.3 is 0 Å². The molecule has 0 radical (unpaired) electrons. The summed E-state index contributed by atoms with van der Waals surface area (Å²) in [4.78, 5) is 14.6. The van der Waals surface area contributed by atoms with Crippen LogP contribution in [0.25, 0.3) is 0 Å². The Kier molecular flexibility index (Phi) is 6.08. The highest BCUT2D eigenvalue weighted by Crippen LogP contribution is 2.23. The maximum atomic E-state index is 12.7. The maximum absolute atomic E-state index is 12.7. The summed E-state index contributed by atoms with van der Waals surface area (Å²) in [7, 11) is -3.42. The number of carbonyl (C=O) groups excluding carboxylic acids is 1. The number of rotatable bonds is 5.